The summed E-state index contributed by atoms with van der Waals surface area (Å²) in [6.45, 7) is 3.96. The Morgan fingerprint density at radius 3 is 2.41 bits per heavy atom. The predicted octanol–water partition coefficient (Wildman–Crippen LogP) is 3.82. The summed E-state index contributed by atoms with van der Waals surface area (Å²) in [6, 6.07) is 10.3. The number of ether oxygens (including phenoxy) is 1. The number of nitrogen functional groups attached to an aromatic ring is 1. The quantitative estimate of drug-likeness (QED) is 0.797. The highest BCUT2D eigenvalue weighted by atomic mass is 19.1. The van der Waals surface area contributed by atoms with Crippen molar-refractivity contribution in [2.24, 2.45) is 0 Å². The highest BCUT2D eigenvalue weighted by molar-refractivity contribution is 5.55. The van der Waals surface area contributed by atoms with Gasteiger partial charge in [0.15, 0.2) is 5.75 Å². The number of anilines is 1. The average molecular weight is 231 g/mol. The Morgan fingerprint density at radius 2 is 1.65 bits per heavy atom. The van der Waals surface area contributed by atoms with Gasteiger partial charge in [0.2, 0.25) is 0 Å². The Hall–Kier alpha value is -2.03. The van der Waals surface area contributed by atoms with E-state index in [1.807, 2.05) is 32.0 Å². The van der Waals surface area contributed by atoms with Gasteiger partial charge in [0, 0.05) is 0 Å². The van der Waals surface area contributed by atoms with E-state index in [2.05, 4.69) is 0 Å². The second-order valence-corrected chi connectivity index (χ2v) is 3.95. The Bertz CT molecular complexity index is 502. The molecule has 17 heavy (non-hydrogen) atoms. The van der Waals surface area contributed by atoms with Crippen LogP contribution in [0.4, 0.5) is 10.1 Å². The van der Waals surface area contributed by atoms with Gasteiger partial charge in [0.25, 0.3) is 0 Å². The summed E-state index contributed by atoms with van der Waals surface area (Å²) in [6.07, 6.45) is 0. The van der Waals surface area contributed by atoms with Crippen molar-refractivity contribution >= 4 is 5.69 Å². The zero-order chi connectivity index (χ0) is 12.4. The van der Waals surface area contributed by atoms with E-state index in [9.17, 15) is 4.39 Å². The number of nitrogens with two attached hydrogens (primary N) is 1. The molecule has 0 fully saturated rings. The Morgan fingerprint density at radius 1 is 1.00 bits per heavy atom. The zero-order valence-electron chi connectivity index (χ0n) is 9.83. The minimum absolute atomic E-state index is 0.0356. The molecular weight excluding hydrogens is 217 g/mol. The molecule has 2 aromatic carbocycles. The number of hydrogen-bond donors (Lipinski definition) is 1. The van der Waals surface area contributed by atoms with Crippen molar-refractivity contribution in [1.29, 1.82) is 0 Å². The van der Waals surface area contributed by atoms with Crippen LogP contribution in [0.1, 0.15) is 11.1 Å². The fourth-order valence-corrected chi connectivity index (χ4v) is 1.56. The van der Waals surface area contributed by atoms with E-state index >= 15 is 0 Å². The molecular formula is C14H14FNO. The molecule has 0 saturated heterocycles. The van der Waals surface area contributed by atoms with Crippen LogP contribution >= 0.6 is 0 Å². The Labute approximate surface area is 99.8 Å². The molecule has 0 heterocycles. The lowest BCUT2D eigenvalue weighted by atomic mass is 10.1. The molecule has 0 aromatic heterocycles. The van der Waals surface area contributed by atoms with Gasteiger partial charge in [0.05, 0.1) is 0 Å². The van der Waals surface area contributed by atoms with Crippen LogP contribution in [0.5, 0.6) is 11.5 Å². The average Bonchev–Trinajstić information content (AvgIpc) is 2.31. The van der Waals surface area contributed by atoms with Gasteiger partial charge in [-0.1, -0.05) is 18.2 Å². The zero-order valence-corrected chi connectivity index (χ0v) is 9.83. The molecule has 0 atom stereocenters. The van der Waals surface area contributed by atoms with Crippen LogP contribution in [0.15, 0.2) is 36.4 Å². The van der Waals surface area contributed by atoms with E-state index in [-0.39, 0.29) is 5.69 Å². The molecule has 0 saturated carbocycles. The van der Waals surface area contributed by atoms with Crippen LogP contribution in [-0.2, 0) is 0 Å². The molecule has 2 aromatic rings. The molecule has 0 unspecified atom stereocenters. The summed E-state index contributed by atoms with van der Waals surface area (Å²) in [5, 5.41) is 0. The number of para-hydroxylation sites is 1. The number of hydrogen-bond acceptors (Lipinski definition) is 2. The summed E-state index contributed by atoms with van der Waals surface area (Å²) in [4.78, 5) is 0. The van der Waals surface area contributed by atoms with E-state index in [1.165, 1.54) is 6.07 Å². The van der Waals surface area contributed by atoms with Crippen molar-refractivity contribution in [3.8, 4) is 11.5 Å². The van der Waals surface area contributed by atoms with Gasteiger partial charge in [-0.3, -0.25) is 0 Å². The van der Waals surface area contributed by atoms with Crippen molar-refractivity contribution in [2.45, 2.75) is 13.8 Å². The second kappa shape index (κ2) is 4.45. The molecule has 88 valence electrons. The lowest BCUT2D eigenvalue weighted by molar-refractivity contribution is 0.476. The smallest absolute Gasteiger partial charge is 0.153 e. The topological polar surface area (TPSA) is 35.2 Å². The molecule has 2 rings (SSSR count). The summed E-state index contributed by atoms with van der Waals surface area (Å²) >= 11 is 0. The summed E-state index contributed by atoms with van der Waals surface area (Å²) in [5.41, 5.74) is 7.80. The molecule has 0 aliphatic rings. The van der Waals surface area contributed by atoms with Gasteiger partial charge in [-0.2, -0.15) is 0 Å². The highest BCUT2D eigenvalue weighted by Gasteiger charge is 2.08. The van der Waals surface area contributed by atoms with Crippen LogP contribution in [0.25, 0.3) is 0 Å². The third kappa shape index (κ3) is 2.23. The fraction of sp³-hybridized carbons (Fsp3) is 0.143. The highest BCUT2D eigenvalue weighted by Crippen LogP contribution is 2.31. The van der Waals surface area contributed by atoms with Crippen molar-refractivity contribution in [1.82, 2.24) is 0 Å². The van der Waals surface area contributed by atoms with Crippen LogP contribution in [-0.4, -0.2) is 0 Å². The monoisotopic (exact) mass is 231 g/mol. The van der Waals surface area contributed by atoms with Gasteiger partial charge in [-0.15, -0.1) is 0 Å². The summed E-state index contributed by atoms with van der Waals surface area (Å²) < 4.78 is 18.9. The van der Waals surface area contributed by atoms with Gasteiger partial charge >= 0.3 is 0 Å². The van der Waals surface area contributed by atoms with E-state index in [0.717, 1.165) is 11.1 Å². The van der Waals surface area contributed by atoms with Crippen LogP contribution in [0.3, 0.4) is 0 Å². The minimum Gasteiger partial charge on any atom is -0.455 e. The first-order chi connectivity index (χ1) is 8.09. The summed E-state index contributed by atoms with van der Waals surface area (Å²) in [5.74, 6) is 0.578. The fourth-order valence-electron chi connectivity index (χ4n) is 1.56. The molecule has 2 nitrogen and oxygen atoms in total. The largest absolute Gasteiger partial charge is 0.455 e. The molecule has 2 N–H and O–H groups in total. The third-order valence-electron chi connectivity index (χ3n) is 2.79. The minimum atomic E-state index is -0.465. The number of benzene rings is 2. The molecule has 0 radical (unpaired) electrons. The molecule has 0 aliphatic heterocycles. The van der Waals surface area contributed by atoms with E-state index < -0.39 is 5.82 Å². The first-order valence-corrected chi connectivity index (χ1v) is 5.37. The maximum absolute atomic E-state index is 13.3. The van der Waals surface area contributed by atoms with Gasteiger partial charge in [-0.05, 0) is 43.2 Å². The molecule has 0 aliphatic carbocycles. The predicted molar refractivity (Wildman–Crippen MR) is 66.8 cm³/mol. The number of halogens is 1. The van der Waals surface area contributed by atoms with Gasteiger partial charge < -0.3 is 10.5 Å². The molecule has 0 spiro atoms. The van der Waals surface area contributed by atoms with E-state index in [0.29, 0.717) is 11.5 Å². The lowest BCUT2D eigenvalue weighted by Crippen LogP contribution is -1.96. The molecule has 0 amide bonds. The standard InChI is InChI=1S/C14H14FNO/c1-9-5-3-7-12(10(9)2)17-13-8-4-6-11(15)14(13)16/h3-8H,16H2,1-2H3. The van der Waals surface area contributed by atoms with E-state index in [4.69, 9.17) is 10.5 Å². The van der Waals surface area contributed by atoms with E-state index in [1.54, 1.807) is 12.1 Å². The molecule has 0 bridgehead atoms. The van der Waals surface area contributed by atoms with Crippen LogP contribution in [0.2, 0.25) is 0 Å². The second-order valence-electron chi connectivity index (χ2n) is 3.95. The van der Waals surface area contributed by atoms with Crippen molar-refractivity contribution in [2.75, 3.05) is 5.73 Å². The SMILES string of the molecule is Cc1cccc(Oc2cccc(F)c2N)c1C. The molecule has 3 heteroatoms. The first kappa shape index (κ1) is 11.5. The Balaban J connectivity index is 2.38. The Kier molecular flexibility index (Phi) is 3.00. The number of aryl methyl sites for hydroxylation is 1. The van der Waals surface area contributed by atoms with Crippen LogP contribution < -0.4 is 10.5 Å². The van der Waals surface area contributed by atoms with Crippen LogP contribution in [0, 0.1) is 19.7 Å². The maximum atomic E-state index is 13.3. The normalized spacial score (nSPS) is 10.3. The first-order valence-electron chi connectivity index (χ1n) is 5.37. The lowest BCUT2D eigenvalue weighted by Gasteiger charge is -2.12. The van der Waals surface area contributed by atoms with Crippen molar-refractivity contribution in [3.63, 3.8) is 0 Å². The van der Waals surface area contributed by atoms with Crippen molar-refractivity contribution < 1.29 is 9.13 Å². The maximum Gasteiger partial charge on any atom is 0.153 e. The van der Waals surface area contributed by atoms with Gasteiger partial charge in [0.1, 0.15) is 17.3 Å². The summed E-state index contributed by atoms with van der Waals surface area (Å²) in [7, 11) is 0. The third-order valence-corrected chi connectivity index (χ3v) is 2.79. The number of rotatable bonds is 2. The van der Waals surface area contributed by atoms with Gasteiger partial charge in [-0.25, -0.2) is 4.39 Å². The van der Waals surface area contributed by atoms with Crippen molar-refractivity contribution in [3.05, 3.63) is 53.3 Å².